The van der Waals surface area contributed by atoms with E-state index in [0.29, 0.717) is 38.5 Å². The fourth-order valence-corrected chi connectivity index (χ4v) is 1.78. The second-order valence-corrected chi connectivity index (χ2v) is 4.00. The van der Waals surface area contributed by atoms with Gasteiger partial charge in [-0.05, 0) is 6.92 Å². The summed E-state index contributed by atoms with van der Waals surface area (Å²) in [7, 11) is 1.58. The Morgan fingerprint density at radius 2 is 2.28 bits per heavy atom. The van der Waals surface area contributed by atoms with E-state index in [1.54, 1.807) is 14.0 Å². The molecule has 0 aromatic heterocycles. The minimum atomic E-state index is -0.417. The molecule has 0 saturated carbocycles. The Morgan fingerprint density at radius 3 is 2.89 bits per heavy atom. The monoisotopic (exact) mass is 256 g/mol. The third-order valence-electron chi connectivity index (χ3n) is 2.75. The maximum Gasteiger partial charge on any atom is 0.334 e. The predicted octanol–water partition coefficient (Wildman–Crippen LogP) is -0.447. The average molecular weight is 256 g/mol. The van der Waals surface area contributed by atoms with Gasteiger partial charge in [0, 0.05) is 25.7 Å². The molecule has 1 fully saturated rings. The first-order valence-corrected chi connectivity index (χ1v) is 5.98. The molecule has 0 radical (unpaired) electrons. The van der Waals surface area contributed by atoms with Gasteiger partial charge in [0.15, 0.2) is 0 Å². The largest absolute Gasteiger partial charge is 0.463 e. The van der Waals surface area contributed by atoms with Gasteiger partial charge in [-0.25, -0.2) is 4.79 Å². The van der Waals surface area contributed by atoms with E-state index in [0.717, 1.165) is 0 Å². The number of rotatable bonds is 5. The average Bonchev–Trinajstić information content (AvgIpc) is 2.38. The van der Waals surface area contributed by atoms with Gasteiger partial charge in [-0.1, -0.05) is 6.58 Å². The van der Waals surface area contributed by atoms with Crippen molar-refractivity contribution in [3.8, 4) is 0 Å². The first-order valence-electron chi connectivity index (χ1n) is 5.98. The Balaban J connectivity index is 2.59. The summed E-state index contributed by atoms with van der Waals surface area (Å²) >= 11 is 0. The number of nitrogens with one attached hydrogen (secondary N) is 1. The van der Waals surface area contributed by atoms with Gasteiger partial charge in [0.2, 0.25) is 5.91 Å². The molecule has 1 saturated heterocycles. The van der Waals surface area contributed by atoms with Crippen molar-refractivity contribution in [3.05, 3.63) is 12.2 Å². The van der Waals surface area contributed by atoms with Gasteiger partial charge in [-0.2, -0.15) is 0 Å². The van der Waals surface area contributed by atoms with Crippen molar-refractivity contribution in [2.45, 2.75) is 13.0 Å². The van der Waals surface area contributed by atoms with E-state index in [1.165, 1.54) is 0 Å². The summed E-state index contributed by atoms with van der Waals surface area (Å²) in [5.74, 6) is -0.536. The van der Waals surface area contributed by atoms with Crippen LogP contribution in [-0.4, -0.2) is 62.8 Å². The van der Waals surface area contributed by atoms with E-state index in [1.807, 2.05) is 4.90 Å². The number of ether oxygens (including phenoxy) is 2. The molecule has 0 aromatic carbocycles. The number of morpholine rings is 1. The highest BCUT2D eigenvalue weighted by atomic mass is 16.5. The summed E-state index contributed by atoms with van der Waals surface area (Å²) < 4.78 is 10.1. The molecule has 0 aliphatic carbocycles. The van der Waals surface area contributed by atoms with Gasteiger partial charge in [0.1, 0.15) is 6.04 Å². The van der Waals surface area contributed by atoms with E-state index in [-0.39, 0.29) is 11.9 Å². The third kappa shape index (κ3) is 3.82. The Bertz CT molecular complexity index is 330. The van der Waals surface area contributed by atoms with Gasteiger partial charge in [-0.3, -0.25) is 9.69 Å². The maximum absolute atomic E-state index is 11.7. The Morgan fingerprint density at radius 1 is 1.56 bits per heavy atom. The molecule has 6 heteroatoms. The van der Waals surface area contributed by atoms with Crippen LogP contribution in [-0.2, 0) is 19.1 Å². The van der Waals surface area contributed by atoms with Crippen LogP contribution in [0.2, 0.25) is 0 Å². The number of hydrogen-bond donors (Lipinski definition) is 1. The summed E-state index contributed by atoms with van der Waals surface area (Å²) in [6.45, 7) is 7.55. The fraction of sp³-hybridized carbons (Fsp3) is 0.667. The third-order valence-corrected chi connectivity index (χ3v) is 2.75. The number of esters is 1. The van der Waals surface area contributed by atoms with Crippen molar-refractivity contribution in [1.29, 1.82) is 0 Å². The van der Waals surface area contributed by atoms with Crippen LogP contribution in [0.4, 0.5) is 0 Å². The molecule has 0 aromatic rings. The van der Waals surface area contributed by atoms with Crippen molar-refractivity contribution < 1.29 is 19.1 Å². The molecule has 1 unspecified atom stereocenters. The molecule has 6 nitrogen and oxygen atoms in total. The highest BCUT2D eigenvalue weighted by Gasteiger charge is 2.29. The number of carbonyl (C=O) groups excluding carboxylic acids is 2. The predicted molar refractivity (Wildman–Crippen MR) is 66.0 cm³/mol. The second kappa shape index (κ2) is 7.13. The highest BCUT2D eigenvalue weighted by Crippen LogP contribution is 2.10. The first kappa shape index (κ1) is 14.7. The smallest absolute Gasteiger partial charge is 0.334 e. The van der Waals surface area contributed by atoms with E-state index >= 15 is 0 Å². The second-order valence-electron chi connectivity index (χ2n) is 4.00. The van der Waals surface area contributed by atoms with Crippen LogP contribution in [0.5, 0.6) is 0 Å². The van der Waals surface area contributed by atoms with Gasteiger partial charge >= 0.3 is 5.97 Å². The molecule has 1 rings (SSSR count). The summed E-state index contributed by atoms with van der Waals surface area (Å²) in [5.41, 5.74) is 0.354. The van der Waals surface area contributed by atoms with Gasteiger partial charge in [0.25, 0.3) is 0 Å². The number of carbonyl (C=O) groups is 2. The number of likely N-dealkylation sites (N-methyl/N-ethyl adjacent to an activating group) is 1. The summed E-state index contributed by atoms with van der Waals surface area (Å²) in [5, 5.41) is 2.59. The Hall–Kier alpha value is -1.40. The van der Waals surface area contributed by atoms with Gasteiger partial charge < -0.3 is 14.8 Å². The normalized spacial score (nSPS) is 20.2. The van der Waals surface area contributed by atoms with Crippen LogP contribution in [0.1, 0.15) is 6.92 Å². The molecule has 0 spiro atoms. The lowest BCUT2D eigenvalue weighted by atomic mass is 10.1. The molecule has 102 valence electrons. The van der Waals surface area contributed by atoms with Crippen LogP contribution >= 0.6 is 0 Å². The zero-order valence-corrected chi connectivity index (χ0v) is 10.9. The zero-order valence-electron chi connectivity index (χ0n) is 10.9. The van der Waals surface area contributed by atoms with Crippen LogP contribution in [0.15, 0.2) is 12.2 Å². The lowest BCUT2D eigenvalue weighted by Gasteiger charge is -2.34. The molecule has 1 aliphatic heterocycles. The molecule has 1 amide bonds. The van der Waals surface area contributed by atoms with E-state index in [9.17, 15) is 9.59 Å². The zero-order chi connectivity index (χ0) is 13.5. The highest BCUT2D eigenvalue weighted by molar-refractivity contribution is 5.88. The number of amides is 1. The quantitative estimate of drug-likeness (QED) is 0.533. The van der Waals surface area contributed by atoms with Crippen molar-refractivity contribution in [1.82, 2.24) is 10.2 Å². The minimum Gasteiger partial charge on any atom is -0.463 e. The van der Waals surface area contributed by atoms with Crippen LogP contribution < -0.4 is 5.32 Å². The lowest BCUT2D eigenvalue weighted by molar-refractivity contribution is -0.140. The van der Waals surface area contributed by atoms with E-state index in [2.05, 4.69) is 11.9 Å². The van der Waals surface area contributed by atoms with Gasteiger partial charge in [0.05, 0.1) is 19.8 Å². The first-order chi connectivity index (χ1) is 8.60. The summed E-state index contributed by atoms with van der Waals surface area (Å²) in [4.78, 5) is 25.0. The molecular formula is C12H20N2O4. The molecule has 0 bridgehead atoms. The van der Waals surface area contributed by atoms with Crippen molar-refractivity contribution in [2.75, 3.05) is 40.0 Å². The molecule has 18 heavy (non-hydrogen) atoms. The van der Waals surface area contributed by atoms with Crippen LogP contribution in [0.25, 0.3) is 0 Å². The lowest BCUT2D eigenvalue weighted by Crippen LogP contribution is -2.53. The fourth-order valence-electron chi connectivity index (χ4n) is 1.78. The van der Waals surface area contributed by atoms with Gasteiger partial charge in [-0.15, -0.1) is 0 Å². The van der Waals surface area contributed by atoms with Crippen molar-refractivity contribution in [3.63, 3.8) is 0 Å². The molecule has 1 N–H and O–H groups in total. The van der Waals surface area contributed by atoms with Crippen LogP contribution in [0, 0.1) is 0 Å². The molecule has 1 atom stereocenters. The van der Waals surface area contributed by atoms with Crippen molar-refractivity contribution >= 4 is 11.9 Å². The minimum absolute atomic E-state index is 0.119. The summed E-state index contributed by atoms with van der Waals surface area (Å²) in [6.07, 6.45) is 0. The number of hydrogen-bond acceptors (Lipinski definition) is 5. The van der Waals surface area contributed by atoms with Crippen LogP contribution in [0.3, 0.4) is 0 Å². The molecular weight excluding hydrogens is 236 g/mol. The Kier molecular flexibility index (Phi) is 5.80. The molecule has 1 aliphatic rings. The maximum atomic E-state index is 11.7. The Labute approximate surface area is 107 Å². The SMILES string of the molecule is C=C(CN1CCOCC1C(=O)NC)C(=O)OCC. The van der Waals surface area contributed by atoms with E-state index in [4.69, 9.17) is 9.47 Å². The number of nitrogens with zero attached hydrogens (tertiary/aromatic N) is 1. The summed E-state index contributed by atoms with van der Waals surface area (Å²) in [6, 6.07) is -0.380. The molecule has 1 heterocycles. The van der Waals surface area contributed by atoms with E-state index < -0.39 is 5.97 Å². The standard InChI is InChI=1S/C12H20N2O4/c1-4-18-12(16)9(2)7-14-5-6-17-8-10(14)11(15)13-3/h10H,2,4-8H2,1,3H3,(H,13,15). The topological polar surface area (TPSA) is 67.9 Å². The van der Waals surface area contributed by atoms with Crippen molar-refractivity contribution in [2.24, 2.45) is 0 Å².